The van der Waals surface area contributed by atoms with E-state index >= 15 is 0 Å². The highest BCUT2D eigenvalue weighted by molar-refractivity contribution is 5.86. The minimum absolute atomic E-state index is 0.341. The third-order valence-corrected chi connectivity index (χ3v) is 3.12. The highest BCUT2D eigenvalue weighted by atomic mass is 16.3. The molecule has 0 bridgehead atoms. The summed E-state index contributed by atoms with van der Waals surface area (Å²) in [6.07, 6.45) is 4.00. The van der Waals surface area contributed by atoms with Crippen LogP contribution in [-0.2, 0) is 0 Å². The molecule has 2 aromatic rings. The second kappa shape index (κ2) is 11.7. The van der Waals surface area contributed by atoms with Crippen LogP contribution in [0.2, 0.25) is 0 Å². The smallest absolute Gasteiger partial charge is 0.148 e. The van der Waals surface area contributed by atoms with E-state index in [1.807, 2.05) is 39.0 Å². The summed E-state index contributed by atoms with van der Waals surface area (Å²) in [5, 5.41) is 19.3. The maximum atomic E-state index is 8.79. The Balaban J connectivity index is 0.000000421. The largest absolute Gasteiger partial charge is 0.396 e. The van der Waals surface area contributed by atoms with Crippen molar-refractivity contribution in [3.8, 4) is 6.07 Å². The molecule has 0 spiro atoms. The summed E-state index contributed by atoms with van der Waals surface area (Å²) in [6, 6.07) is 9.98. The van der Waals surface area contributed by atoms with Gasteiger partial charge in [-0.3, -0.25) is 0 Å². The summed E-state index contributed by atoms with van der Waals surface area (Å²) >= 11 is 0. The lowest BCUT2D eigenvalue weighted by Crippen LogP contribution is -1.98. The van der Waals surface area contributed by atoms with E-state index in [2.05, 4.69) is 31.0 Å². The van der Waals surface area contributed by atoms with E-state index in [0.717, 1.165) is 17.2 Å². The number of nitriles is 1. The Kier molecular flexibility index (Phi) is 10.7. The highest BCUT2D eigenvalue weighted by Gasteiger charge is 1.99. The van der Waals surface area contributed by atoms with Gasteiger partial charge in [0, 0.05) is 18.2 Å². The summed E-state index contributed by atoms with van der Waals surface area (Å²) in [7, 11) is 0. The van der Waals surface area contributed by atoms with Gasteiger partial charge in [0.05, 0.1) is 0 Å². The van der Waals surface area contributed by atoms with Crippen molar-refractivity contribution in [3.63, 3.8) is 0 Å². The van der Waals surface area contributed by atoms with Gasteiger partial charge in [0.25, 0.3) is 0 Å². The molecule has 1 N–H and O–H groups in total. The lowest BCUT2D eigenvalue weighted by molar-refractivity contribution is 0.229. The van der Waals surface area contributed by atoms with E-state index in [9.17, 15) is 0 Å². The number of rotatable bonds is 3. The van der Waals surface area contributed by atoms with E-state index in [1.54, 1.807) is 6.20 Å². The van der Waals surface area contributed by atoms with Crippen molar-refractivity contribution in [2.45, 2.75) is 47.5 Å². The summed E-state index contributed by atoms with van der Waals surface area (Å²) in [4.78, 5) is 3.99. The summed E-state index contributed by atoms with van der Waals surface area (Å²) in [6.45, 7) is 10.6. The van der Waals surface area contributed by atoms with E-state index in [4.69, 9.17) is 10.4 Å². The van der Waals surface area contributed by atoms with Crippen molar-refractivity contribution in [1.82, 2.24) is 4.98 Å². The zero-order chi connectivity index (χ0) is 17.0. The molecule has 2 rings (SSSR count). The number of aromatic nitrogens is 1. The van der Waals surface area contributed by atoms with Crippen LogP contribution < -0.4 is 0 Å². The average Bonchev–Trinajstić information content (AvgIpc) is 2.56. The topological polar surface area (TPSA) is 56.9 Å². The normalized spacial score (nSPS) is 10.6. The fourth-order valence-electron chi connectivity index (χ4n) is 1.97. The number of hydrogen-bond donors (Lipinski definition) is 1. The lowest BCUT2D eigenvalue weighted by atomic mass is 10.1. The number of aryl methyl sites for hydroxylation is 1. The predicted molar refractivity (Wildman–Crippen MR) is 93.7 cm³/mol. The van der Waals surface area contributed by atoms with Crippen LogP contribution in [0.5, 0.6) is 0 Å². The molecule has 3 nitrogen and oxygen atoms in total. The number of hydrogen-bond acceptors (Lipinski definition) is 3. The Morgan fingerprint density at radius 2 is 1.95 bits per heavy atom. The number of aliphatic hydroxyl groups excluding tert-OH is 1. The van der Waals surface area contributed by atoms with Crippen LogP contribution in [0.25, 0.3) is 10.8 Å². The zero-order valence-electron chi connectivity index (χ0n) is 14.4. The lowest BCUT2D eigenvalue weighted by Gasteiger charge is -2.01. The van der Waals surface area contributed by atoms with Crippen molar-refractivity contribution >= 4 is 10.8 Å². The van der Waals surface area contributed by atoms with Gasteiger partial charge in [0.15, 0.2) is 0 Å². The monoisotopic (exact) mass is 300 g/mol. The van der Waals surface area contributed by atoms with Crippen molar-refractivity contribution in [1.29, 1.82) is 5.26 Å². The maximum Gasteiger partial charge on any atom is 0.148 e. The Morgan fingerprint density at radius 3 is 2.45 bits per heavy atom. The highest BCUT2D eigenvalue weighted by Crippen LogP contribution is 2.17. The van der Waals surface area contributed by atoms with Crippen LogP contribution in [0.3, 0.4) is 0 Å². The van der Waals surface area contributed by atoms with Gasteiger partial charge in [0.1, 0.15) is 11.8 Å². The fourth-order valence-corrected chi connectivity index (χ4v) is 1.97. The third kappa shape index (κ3) is 6.69. The average molecular weight is 300 g/mol. The molecule has 120 valence electrons. The zero-order valence-corrected chi connectivity index (χ0v) is 14.4. The van der Waals surface area contributed by atoms with Gasteiger partial charge in [-0.25, -0.2) is 4.98 Å². The van der Waals surface area contributed by atoms with Crippen molar-refractivity contribution < 1.29 is 5.11 Å². The number of nitrogens with zero attached hydrogens (tertiary/aromatic N) is 2. The van der Waals surface area contributed by atoms with Crippen molar-refractivity contribution in [3.05, 3.63) is 41.7 Å². The molecule has 0 saturated carbocycles. The second-order valence-corrected chi connectivity index (χ2v) is 5.07. The van der Waals surface area contributed by atoms with Gasteiger partial charge in [-0.2, -0.15) is 5.26 Å². The molecule has 0 aliphatic carbocycles. The first-order chi connectivity index (χ1) is 10.6. The van der Waals surface area contributed by atoms with Gasteiger partial charge in [-0.15, -0.1) is 0 Å². The molecule has 0 aliphatic rings. The number of aliphatic hydroxyl groups is 1. The Hall–Kier alpha value is -1.92. The molecular weight excluding hydrogens is 272 g/mol. The fraction of sp³-hybridized carbons (Fsp3) is 0.474. The first-order valence-corrected chi connectivity index (χ1v) is 7.98. The molecule has 22 heavy (non-hydrogen) atoms. The van der Waals surface area contributed by atoms with Crippen LogP contribution in [-0.4, -0.2) is 16.7 Å². The molecule has 0 saturated heterocycles. The number of fused-ring (bicyclic) bond motifs is 1. The van der Waals surface area contributed by atoms with Crippen LogP contribution in [0.4, 0.5) is 0 Å². The quantitative estimate of drug-likeness (QED) is 0.881. The molecule has 3 heteroatoms. The van der Waals surface area contributed by atoms with Crippen molar-refractivity contribution in [2.75, 3.05) is 6.61 Å². The third-order valence-electron chi connectivity index (χ3n) is 3.12. The SMILES string of the molecule is CC.CCCC(C)CO.Cc1ccc2c(C#N)nccc2c1. The molecule has 1 atom stereocenters. The van der Waals surface area contributed by atoms with Gasteiger partial charge in [0.2, 0.25) is 0 Å². The molecule has 0 amide bonds. The molecular formula is C19H28N2O. The van der Waals surface area contributed by atoms with E-state index in [1.165, 1.54) is 12.0 Å². The van der Waals surface area contributed by atoms with E-state index in [-0.39, 0.29) is 0 Å². The first kappa shape index (κ1) is 20.1. The standard InChI is InChI=1S/C11H8N2.C6H14O.C2H6/c1-8-2-3-10-9(6-8)4-5-13-11(10)7-12;1-3-4-6(2)5-7;1-2/h2-6H,1H3;6-7H,3-5H2,1-2H3;1-2H3. The van der Waals surface area contributed by atoms with Gasteiger partial charge in [-0.05, 0) is 30.7 Å². The van der Waals surface area contributed by atoms with Gasteiger partial charge in [-0.1, -0.05) is 57.9 Å². The Morgan fingerprint density at radius 1 is 1.27 bits per heavy atom. The van der Waals surface area contributed by atoms with Crippen LogP contribution >= 0.6 is 0 Å². The number of benzene rings is 1. The molecule has 1 unspecified atom stereocenters. The van der Waals surface area contributed by atoms with Crippen LogP contribution in [0, 0.1) is 24.2 Å². The molecule has 0 aliphatic heterocycles. The Labute approximate surface area is 134 Å². The minimum Gasteiger partial charge on any atom is -0.396 e. The number of pyridine rings is 1. The molecule has 0 fully saturated rings. The van der Waals surface area contributed by atoms with Crippen LogP contribution in [0.1, 0.15) is 51.8 Å². The van der Waals surface area contributed by atoms with Crippen LogP contribution in [0.15, 0.2) is 30.5 Å². The Bertz CT molecular complexity index is 587. The maximum absolute atomic E-state index is 8.79. The molecule has 0 radical (unpaired) electrons. The van der Waals surface area contributed by atoms with Gasteiger partial charge >= 0.3 is 0 Å². The summed E-state index contributed by atoms with van der Waals surface area (Å²) < 4.78 is 0. The summed E-state index contributed by atoms with van der Waals surface area (Å²) in [5.74, 6) is 0.505. The second-order valence-electron chi connectivity index (χ2n) is 5.07. The first-order valence-electron chi connectivity index (χ1n) is 7.98. The van der Waals surface area contributed by atoms with E-state index < -0.39 is 0 Å². The van der Waals surface area contributed by atoms with E-state index in [0.29, 0.717) is 18.2 Å². The minimum atomic E-state index is 0.341. The predicted octanol–water partition coefficient (Wildman–Crippen LogP) is 4.86. The molecule has 1 aromatic heterocycles. The van der Waals surface area contributed by atoms with Gasteiger partial charge < -0.3 is 5.11 Å². The van der Waals surface area contributed by atoms with Crippen molar-refractivity contribution in [2.24, 2.45) is 5.92 Å². The molecule has 1 heterocycles. The summed E-state index contributed by atoms with van der Waals surface area (Å²) in [5.41, 5.74) is 1.69. The molecule has 1 aromatic carbocycles.